The van der Waals surface area contributed by atoms with Crippen LogP contribution in [0.2, 0.25) is 0 Å². The number of carbonyl (C=O) groups is 1. The van der Waals surface area contributed by atoms with E-state index in [2.05, 4.69) is 14.5 Å². The number of H-pyrrole nitrogens is 1. The molecular weight excluding hydrogens is 368 g/mol. The molecule has 0 aliphatic rings. The van der Waals surface area contributed by atoms with Gasteiger partial charge in [-0.1, -0.05) is 30.3 Å². The number of aromatic amines is 1. The Morgan fingerprint density at radius 2 is 1.93 bits per heavy atom. The van der Waals surface area contributed by atoms with E-state index in [9.17, 15) is 9.59 Å². The average molecular weight is 390 g/mol. The fraction of sp³-hybridized carbons (Fsp3) is 0.227. The molecule has 2 heterocycles. The molecule has 0 fully saturated rings. The largest absolute Gasteiger partial charge is 0.480 e. The molecule has 0 aliphatic carbocycles. The van der Waals surface area contributed by atoms with Crippen molar-refractivity contribution in [1.29, 1.82) is 0 Å². The fourth-order valence-electron chi connectivity index (χ4n) is 3.81. The second-order valence-electron chi connectivity index (χ2n) is 7.15. The van der Waals surface area contributed by atoms with Crippen LogP contribution in [0.1, 0.15) is 18.5 Å². The lowest BCUT2D eigenvalue weighted by molar-refractivity contribution is -0.138. The number of nitrogens with one attached hydrogen (secondary N) is 1. The molecule has 1 atom stereocenters. The second-order valence-corrected chi connectivity index (χ2v) is 7.15. The molecule has 0 saturated carbocycles. The van der Waals surface area contributed by atoms with E-state index in [0.29, 0.717) is 30.6 Å². The minimum absolute atomic E-state index is 0.234. The molecule has 148 valence electrons. The number of nitrogens with two attached hydrogens (primary N) is 1. The third-order valence-electron chi connectivity index (χ3n) is 5.28. The monoisotopic (exact) mass is 390 g/mol. The molecule has 0 radical (unpaired) electrons. The van der Waals surface area contributed by atoms with Crippen molar-refractivity contribution in [3.05, 3.63) is 64.6 Å². The van der Waals surface area contributed by atoms with Gasteiger partial charge in [-0.15, -0.1) is 0 Å². The number of carboxylic acids is 1. The Hall–Kier alpha value is -3.45. The second kappa shape index (κ2) is 7.52. The summed E-state index contributed by atoms with van der Waals surface area (Å²) < 4.78 is 2.11. The van der Waals surface area contributed by atoms with Crippen molar-refractivity contribution in [3.8, 4) is 11.3 Å². The summed E-state index contributed by atoms with van der Waals surface area (Å²) >= 11 is 0. The highest BCUT2D eigenvalue weighted by atomic mass is 16.4. The van der Waals surface area contributed by atoms with Crippen LogP contribution in [0.25, 0.3) is 33.2 Å². The van der Waals surface area contributed by atoms with Gasteiger partial charge >= 0.3 is 5.97 Å². The van der Waals surface area contributed by atoms with E-state index in [1.165, 1.54) is 0 Å². The molecule has 0 aliphatic heterocycles. The normalized spacial score (nSPS) is 12.5. The highest BCUT2D eigenvalue weighted by molar-refractivity contribution is 5.97. The van der Waals surface area contributed by atoms with Crippen LogP contribution in [0.15, 0.2) is 53.3 Å². The van der Waals surface area contributed by atoms with Gasteiger partial charge in [-0.2, -0.15) is 0 Å². The maximum absolute atomic E-state index is 12.8. The summed E-state index contributed by atoms with van der Waals surface area (Å²) in [6, 6.07) is 14.4. The van der Waals surface area contributed by atoms with E-state index in [1.807, 2.05) is 55.5 Å². The zero-order valence-corrected chi connectivity index (χ0v) is 16.1. The highest BCUT2D eigenvalue weighted by Crippen LogP contribution is 2.33. The number of carboxylic acid groups (broad SMARTS) is 1. The SMILES string of the molecule is Cc1c(-c2nc3ccccc3[nH]c2=O)c2ccccc2n1CCCC(N)C(=O)O. The zero-order valence-electron chi connectivity index (χ0n) is 16.1. The highest BCUT2D eigenvalue weighted by Gasteiger charge is 2.20. The van der Waals surface area contributed by atoms with E-state index >= 15 is 0 Å². The number of aliphatic carboxylic acids is 1. The van der Waals surface area contributed by atoms with Gasteiger partial charge in [0.2, 0.25) is 0 Å². The predicted molar refractivity (Wildman–Crippen MR) is 113 cm³/mol. The standard InChI is InChI=1S/C22H22N4O3/c1-13-19(20-21(27)25-17-10-4-3-9-16(17)24-20)14-7-2-5-11-18(14)26(13)12-6-8-15(23)22(28)29/h2-5,7,9-11,15H,6,8,12,23H2,1H3,(H,25,27)(H,28,29). The van der Waals surface area contributed by atoms with Gasteiger partial charge in [-0.05, 0) is 38.0 Å². The van der Waals surface area contributed by atoms with Gasteiger partial charge in [0, 0.05) is 28.7 Å². The summed E-state index contributed by atoms with van der Waals surface area (Å²) in [5, 5.41) is 9.94. The van der Waals surface area contributed by atoms with Crippen molar-refractivity contribution < 1.29 is 9.90 Å². The summed E-state index contributed by atoms with van der Waals surface area (Å²) in [6.07, 6.45) is 0.999. The van der Waals surface area contributed by atoms with Gasteiger partial charge in [0.05, 0.1) is 11.0 Å². The topological polar surface area (TPSA) is 114 Å². The molecule has 1 unspecified atom stereocenters. The van der Waals surface area contributed by atoms with Crippen molar-refractivity contribution >= 4 is 27.9 Å². The number of hydrogen-bond acceptors (Lipinski definition) is 4. The van der Waals surface area contributed by atoms with Gasteiger partial charge in [0.25, 0.3) is 5.56 Å². The van der Waals surface area contributed by atoms with E-state index in [1.54, 1.807) is 0 Å². The van der Waals surface area contributed by atoms with Crippen molar-refractivity contribution in [2.75, 3.05) is 0 Å². The minimum atomic E-state index is -0.994. The van der Waals surface area contributed by atoms with Gasteiger partial charge in [0.1, 0.15) is 11.7 Å². The Morgan fingerprint density at radius 3 is 2.72 bits per heavy atom. The average Bonchev–Trinajstić information content (AvgIpc) is 2.99. The summed E-state index contributed by atoms with van der Waals surface area (Å²) in [5.74, 6) is -0.994. The molecule has 4 rings (SSSR count). The van der Waals surface area contributed by atoms with Gasteiger partial charge in [0.15, 0.2) is 0 Å². The first-order valence-corrected chi connectivity index (χ1v) is 9.53. The van der Waals surface area contributed by atoms with Crippen LogP contribution < -0.4 is 11.3 Å². The number of para-hydroxylation sites is 3. The number of aryl methyl sites for hydroxylation is 1. The summed E-state index contributed by atoms with van der Waals surface area (Å²) in [7, 11) is 0. The maximum atomic E-state index is 12.8. The molecule has 4 N–H and O–H groups in total. The summed E-state index contributed by atoms with van der Waals surface area (Å²) in [4.78, 5) is 31.4. The fourth-order valence-corrected chi connectivity index (χ4v) is 3.81. The smallest absolute Gasteiger partial charge is 0.320 e. The predicted octanol–water partition coefficient (Wildman–Crippen LogP) is 3.05. The van der Waals surface area contributed by atoms with E-state index in [0.717, 1.165) is 27.7 Å². The molecule has 0 spiro atoms. The van der Waals surface area contributed by atoms with Crippen molar-refractivity contribution in [1.82, 2.24) is 14.5 Å². The Morgan fingerprint density at radius 1 is 1.21 bits per heavy atom. The van der Waals surface area contributed by atoms with E-state index in [-0.39, 0.29) is 5.56 Å². The quantitative estimate of drug-likeness (QED) is 0.468. The van der Waals surface area contributed by atoms with Crippen LogP contribution in [-0.4, -0.2) is 31.7 Å². The Labute approximate surface area is 166 Å². The van der Waals surface area contributed by atoms with Crippen LogP contribution in [0, 0.1) is 6.92 Å². The molecule has 0 amide bonds. The van der Waals surface area contributed by atoms with Crippen molar-refractivity contribution in [2.45, 2.75) is 32.4 Å². The number of hydrogen-bond donors (Lipinski definition) is 3. The molecule has 7 nitrogen and oxygen atoms in total. The van der Waals surface area contributed by atoms with E-state index in [4.69, 9.17) is 10.8 Å². The van der Waals surface area contributed by atoms with Crippen molar-refractivity contribution in [2.24, 2.45) is 5.73 Å². The lowest BCUT2D eigenvalue weighted by Gasteiger charge is -2.10. The van der Waals surface area contributed by atoms with Crippen LogP contribution in [0.4, 0.5) is 0 Å². The van der Waals surface area contributed by atoms with Crippen LogP contribution in [0.5, 0.6) is 0 Å². The maximum Gasteiger partial charge on any atom is 0.320 e. The van der Waals surface area contributed by atoms with Crippen LogP contribution in [-0.2, 0) is 11.3 Å². The number of benzene rings is 2. The van der Waals surface area contributed by atoms with E-state index < -0.39 is 12.0 Å². The zero-order chi connectivity index (χ0) is 20.5. The molecule has 0 bridgehead atoms. The first kappa shape index (κ1) is 18.9. The molecule has 2 aromatic carbocycles. The Bertz CT molecular complexity index is 1270. The molecule has 0 saturated heterocycles. The first-order valence-electron chi connectivity index (χ1n) is 9.53. The summed E-state index contributed by atoms with van der Waals surface area (Å²) in [5.41, 5.74) is 9.92. The molecule has 2 aromatic heterocycles. The molecular formula is C22H22N4O3. The van der Waals surface area contributed by atoms with Crippen LogP contribution >= 0.6 is 0 Å². The summed E-state index contributed by atoms with van der Waals surface area (Å²) in [6.45, 7) is 2.57. The lowest BCUT2D eigenvalue weighted by atomic mass is 10.1. The molecule has 4 aromatic rings. The number of aromatic nitrogens is 3. The number of nitrogens with zero attached hydrogens (tertiary/aromatic N) is 2. The third-order valence-corrected chi connectivity index (χ3v) is 5.28. The number of fused-ring (bicyclic) bond motifs is 2. The van der Waals surface area contributed by atoms with Crippen LogP contribution in [0.3, 0.4) is 0 Å². The number of rotatable bonds is 6. The third kappa shape index (κ3) is 3.40. The van der Waals surface area contributed by atoms with Gasteiger partial charge in [-0.3, -0.25) is 9.59 Å². The van der Waals surface area contributed by atoms with Gasteiger partial charge < -0.3 is 20.4 Å². The van der Waals surface area contributed by atoms with Gasteiger partial charge in [-0.25, -0.2) is 4.98 Å². The molecule has 7 heteroatoms. The van der Waals surface area contributed by atoms with Crippen molar-refractivity contribution in [3.63, 3.8) is 0 Å². The lowest BCUT2D eigenvalue weighted by Crippen LogP contribution is -2.30. The Balaban J connectivity index is 1.82. The molecule has 29 heavy (non-hydrogen) atoms. The minimum Gasteiger partial charge on any atom is -0.480 e. The Kier molecular flexibility index (Phi) is 4.90. The first-order chi connectivity index (χ1) is 14.0.